The van der Waals surface area contributed by atoms with Gasteiger partial charge < -0.3 is 14.6 Å². The number of imidazole rings is 1. The lowest BCUT2D eigenvalue weighted by atomic mass is 10.1. The van der Waals surface area contributed by atoms with Crippen LogP contribution in [-0.4, -0.2) is 29.8 Å². The van der Waals surface area contributed by atoms with Crippen molar-refractivity contribution < 1.29 is 4.74 Å². The summed E-state index contributed by atoms with van der Waals surface area (Å²) in [6.07, 6.45) is 2.28. The second-order valence-electron chi connectivity index (χ2n) is 6.00. The Morgan fingerprint density at radius 1 is 1.04 bits per heavy atom. The molecule has 0 bridgehead atoms. The molecule has 4 rings (SSSR count). The molecule has 0 radical (unpaired) electrons. The number of nitrogens with one attached hydrogen (secondary N) is 1. The van der Waals surface area contributed by atoms with Crippen molar-refractivity contribution in [1.29, 1.82) is 0 Å². The first kappa shape index (κ1) is 14.3. The van der Waals surface area contributed by atoms with E-state index < -0.39 is 0 Å². The molecular weight excluding hydrogens is 286 g/mol. The van der Waals surface area contributed by atoms with Crippen LogP contribution >= 0.6 is 0 Å². The largest absolute Gasteiger partial charge is 0.497 e. The molecule has 0 amide bonds. The zero-order valence-corrected chi connectivity index (χ0v) is 13.3. The Morgan fingerprint density at radius 3 is 2.52 bits per heavy atom. The molecule has 1 fully saturated rings. The standard InChI is InChI=1S/C19H21N3O/c1-23-16-8-6-14(7-9-16)19-21-17-4-2-3-5-18(17)22(19)15-10-12-20-13-11-15/h2-9,15,20H,10-13H2,1H3. The Morgan fingerprint density at radius 2 is 1.78 bits per heavy atom. The van der Waals surface area contributed by atoms with Crippen LogP contribution in [0.2, 0.25) is 0 Å². The summed E-state index contributed by atoms with van der Waals surface area (Å²) >= 11 is 0. The number of methoxy groups -OCH3 is 1. The van der Waals surface area contributed by atoms with Crippen LogP contribution in [0.1, 0.15) is 18.9 Å². The zero-order chi connectivity index (χ0) is 15.6. The van der Waals surface area contributed by atoms with Gasteiger partial charge in [-0.1, -0.05) is 12.1 Å². The summed E-state index contributed by atoms with van der Waals surface area (Å²) < 4.78 is 7.70. The number of hydrogen-bond donors (Lipinski definition) is 1. The SMILES string of the molecule is COc1ccc(-c2nc3ccccc3n2C2CCNCC2)cc1. The van der Waals surface area contributed by atoms with E-state index in [4.69, 9.17) is 9.72 Å². The fourth-order valence-corrected chi connectivity index (χ4v) is 3.42. The summed E-state index contributed by atoms with van der Waals surface area (Å²) in [5.41, 5.74) is 3.43. The third kappa shape index (κ3) is 2.59. The highest BCUT2D eigenvalue weighted by molar-refractivity contribution is 5.81. The first-order valence-electron chi connectivity index (χ1n) is 8.19. The van der Waals surface area contributed by atoms with Gasteiger partial charge in [0.25, 0.3) is 0 Å². The van der Waals surface area contributed by atoms with Gasteiger partial charge in [-0.15, -0.1) is 0 Å². The minimum atomic E-state index is 0.501. The van der Waals surface area contributed by atoms with Crippen LogP contribution in [-0.2, 0) is 0 Å². The summed E-state index contributed by atoms with van der Waals surface area (Å²) in [6.45, 7) is 2.14. The molecule has 2 heterocycles. The fraction of sp³-hybridized carbons (Fsp3) is 0.316. The average Bonchev–Trinajstić information content (AvgIpc) is 3.02. The number of piperidine rings is 1. The van der Waals surface area contributed by atoms with Gasteiger partial charge in [-0.2, -0.15) is 0 Å². The number of nitrogens with zero attached hydrogens (tertiary/aromatic N) is 2. The van der Waals surface area contributed by atoms with Crippen molar-refractivity contribution in [1.82, 2.24) is 14.9 Å². The Hall–Kier alpha value is -2.33. The molecule has 118 valence electrons. The lowest BCUT2D eigenvalue weighted by Gasteiger charge is -2.26. The number of benzene rings is 2. The second-order valence-corrected chi connectivity index (χ2v) is 6.00. The Bertz CT molecular complexity index is 801. The van der Waals surface area contributed by atoms with Crippen molar-refractivity contribution >= 4 is 11.0 Å². The molecular formula is C19H21N3O. The van der Waals surface area contributed by atoms with E-state index in [1.807, 2.05) is 12.1 Å². The lowest BCUT2D eigenvalue weighted by molar-refractivity contribution is 0.377. The predicted molar refractivity (Wildman–Crippen MR) is 92.9 cm³/mol. The van der Waals surface area contributed by atoms with Gasteiger partial charge in [0.2, 0.25) is 0 Å². The van der Waals surface area contributed by atoms with Crippen molar-refractivity contribution in [3.8, 4) is 17.1 Å². The number of fused-ring (bicyclic) bond motifs is 1. The summed E-state index contributed by atoms with van der Waals surface area (Å²) in [6, 6.07) is 17.1. The summed E-state index contributed by atoms with van der Waals surface area (Å²) in [5.74, 6) is 1.93. The number of rotatable bonds is 3. The Kier molecular flexibility index (Phi) is 3.75. The third-order valence-electron chi connectivity index (χ3n) is 4.62. The molecule has 1 aliphatic heterocycles. The van der Waals surface area contributed by atoms with E-state index in [0.29, 0.717) is 6.04 Å². The molecule has 4 nitrogen and oxygen atoms in total. The van der Waals surface area contributed by atoms with E-state index in [-0.39, 0.29) is 0 Å². The topological polar surface area (TPSA) is 39.1 Å². The van der Waals surface area contributed by atoms with E-state index in [0.717, 1.165) is 48.6 Å². The highest BCUT2D eigenvalue weighted by Crippen LogP contribution is 2.32. The number of hydrogen-bond acceptors (Lipinski definition) is 3. The van der Waals surface area contributed by atoms with Crippen molar-refractivity contribution in [3.63, 3.8) is 0 Å². The Labute approximate surface area is 136 Å². The van der Waals surface area contributed by atoms with Crippen LogP contribution in [0.4, 0.5) is 0 Å². The Balaban J connectivity index is 1.86. The lowest BCUT2D eigenvalue weighted by Crippen LogP contribution is -2.29. The second kappa shape index (κ2) is 6.05. The zero-order valence-electron chi connectivity index (χ0n) is 13.3. The number of aromatic nitrogens is 2. The minimum Gasteiger partial charge on any atom is -0.497 e. The van der Waals surface area contributed by atoms with Crippen LogP contribution in [0.3, 0.4) is 0 Å². The first-order chi connectivity index (χ1) is 11.4. The maximum absolute atomic E-state index is 5.28. The van der Waals surface area contributed by atoms with Gasteiger partial charge in [0.05, 0.1) is 18.1 Å². The van der Waals surface area contributed by atoms with Crippen molar-refractivity contribution in [2.45, 2.75) is 18.9 Å². The van der Waals surface area contributed by atoms with Crippen molar-refractivity contribution in [2.75, 3.05) is 20.2 Å². The van der Waals surface area contributed by atoms with Gasteiger partial charge in [-0.3, -0.25) is 0 Å². The molecule has 3 aromatic rings. The van der Waals surface area contributed by atoms with Gasteiger partial charge in [-0.05, 0) is 62.3 Å². The summed E-state index contributed by atoms with van der Waals surface area (Å²) in [4.78, 5) is 4.92. The first-order valence-corrected chi connectivity index (χ1v) is 8.19. The quantitative estimate of drug-likeness (QED) is 0.803. The van der Waals surface area contributed by atoms with Crippen LogP contribution in [0.5, 0.6) is 5.75 Å². The minimum absolute atomic E-state index is 0.501. The maximum atomic E-state index is 5.28. The molecule has 0 aliphatic carbocycles. The van der Waals surface area contributed by atoms with Crippen molar-refractivity contribution in [2.24, 2.45) is 0 Å². The monoisotopic (exact) mass is 307 g/mol. The summed E-state index contributed by atoms with van der Waals surface area (Å²) in [7, 11) is 1.69. The highest BCUT2D eigenvalue weighted by atomic mass is 16.5. The van der Waals surface area contributed by atoms with E-state index in [1.54, 1.807) is 7.11 Å². The van der Waals surface area contributed by atoms with Crippen LogP contribution < -0.4 is 10.1 Å². The van der Waals surface area contributed by atoms with Gasteiger partial charge in [0.1, 0.15) is 11.6 Å². The third-order valence-corrected chi connectivity index (χ3v) is 4.62. The van der Waals surface area contributed by atoms with Gasteiger partial charge >= 0.3 is 0 Å². The molecule has 0 spiro atoms. The van der Waals surface area contributed by atoms with E-state index in [9.17, 15) is 0 Å². The van der Waals surface area contributed by atoms with Crippen LogP contribution in [0, 0.1) is 0 Å². The molecule has 1 aliphatic rings. The number of para-hydroxylation sites is 2. The van der Waals surface area contributed by atoms with E-state index in [1.165, 1.54) is 5.52 Å². The molecule has 23 heavy (non-hydrogen) atoms. The molecule has 1 saturated heterocycles. The van der Waals surface area contributed by atoms with Gasteiger partial charge in [0, 0.05) is 11.6 Å². The van der Waals surface area contributed by atoms with E-state index in [2.05, 4.69) is 46.3 Å². The molecule has 0 unspecified atom stereocenters. The number of ether oxygens (including phenoxy) is 1. The molecule has 2 aromatic carbocycles. The average molecular weight is 307 g/mol. The highest BCUT2D eigenvalue weighted by Gasteiger charge is 2.21. The normalized spacial score (nSPS) is 15.9. The molecule has 1 aromatic heterocycles. The maximum Gasteiger partial charge on any atom is 0.141 e. The van der Waals surface area contributed by atoms with Crippen LogP contribution in [0.25, 0.3) is 22.4 Å². The van der Waals surface area contributed by atoms with Gasteiger partial charge in [-0.25, -0.2) is 4.98 Å². The van der Waals surface area contributed by atoms with Crippen LogP contribution in [0.15, 0.2) is 48.5 Å². The van der Waals surface area contributed by atoms with Crippen molar-refractivity contribution in [3.05, 3.63) is 48.5 Å². The predicted octanol–water partition coefficient (Wildman–Crippen LogP) is 3.64. The molecule has 0 saturated carbocycles. The molecule has 0 atom stereocenters. The van der Waals surface area contributed by atoms with E-state index >= 15 is 0 Å². The summed E-state index contributed by atoms with van der Waals surface area (Å²) in [5, 5.41) is 3.45. The molecule has 1 N–H and O–H groups in total. The smallest absolute Gasteiger partial charge is 0.141 e. The molecule has 4 heteroatoms. The fourth-order valence-electron chi connectivity index (χ4n) is 3.42. The van der Waals surface area contributed by atoms with Gasteiger partial charge in [0.15, 0.2) is 0 Å².